The Labute approximate surface area is 78.4 Å². The minimum atomic E-state index is -0.506. The highest BCUT2D eigenvalue weighted by Crippen LogP contribution is 2.35. The van der Waals surface area contributed by atoms with Crippen LogP contribution in [0.2, 0.25) is 0 Å². The smallest absolute Gasteiger partial charge is 0.322 e. The molecular formula is C9H17NO3. The number of methoxy groups -OCH3 is 1. The van der Waals surface area contributed by atoms with Gasteiger partial charge in [0.05, 0.1) is 20.3 Å². The Morgan fingerprint density at radius 3 is 2.62 bits per heavy atom. The van der Waals surface area contributed by atoms with E-state index in [1.165, 1.54) is 7.11 Å². The van der Waals surface area contributed by atoms with Crippen molar-refractivity contribution in [1.82, 2.24) is 0 Å². The maximum Gasteiger partial charge on any atom is 0.322 e. The van der Waals surface area contributed by atoms with E-state index in [1.54, 1.807) is 0 Å². The number of ether oxygens (including phenoxy) is 2. The van der Waals surface area contributed by atoms with E-state index in [-0.39, 0.29) is 11.4 Å². The third kappa shape index (κ3) is 2.19. The molecule has 0 bridgehead atoms. The van der Waals surface area contributed by atoms with Crippen LogP contribution in [0.1, 0.15) is 19.8 Å². The predicted octanol–water partition coefficient (Wildman–Crippen LogP) is 0.303. The number of hydrogen-bond acceptors (Lipinski definition) is 4. The molecule has 1 aliphatic heterocycles. The van der Waals surface area contributed by atoms with Crippen LogP contribution in [0, 0.1) is 5.41 Å². The molecule has 0 radical (unpaired) electrons. The standard InChI is InChI=1S/C9H17NO3/c1-3-9(5-13-6-9)4-7(10)8(11)12-2/h7H,3-6,10H2,1-2H3. The van der Waals surface area contributed by atoms with Gasteiger partial charge in [-0.2, -0.15) is 0 Å². The van der Waals surface area contributed by atoms with E-state index in [0.29, 0.717) is 19.6 Å². The summed E-state index contributed by atoms with van der Waals surface area (Å²) in [5, 5.41) is 0. The van der Waals surface area contributed by atoms with Gasteiger partial charge in [-0.05, 0) is 12.8 Å². The molecule has 1 heterocycles. The third-order valence-electron chi connectivity index (χ3n) is 2.72. The molecule has 0 aromatic carbocycles. The van der Waals surface area contributed by atoms with Crippen LogP contribution in [0.5, 0.6) is 0 Å². The Bertz CT molecular complexity index is 184. The molecule has 0 aliphatic carbocycles. The predicted molar refractivity (Wildman–Crippen MR) is 48.2 cm³/mol. The van der Waals surface area contributed by atoms with Crippen molar-refractivity contribution in [3.05, 3.63) is 0 Å². The Kier molecular flexibility index (Phi) is 3.27. The molecule has 1 aliphatic rings. The van der Waals surface area contributed by atoms with Gasteiger partial charge in [-0.3, -0.25) is 4.79 Å². The highest BCUT2D eigenvalue weighted by molar-refractivity contribution is 5.75. The number of carbonyl (C=O) groups excluding carboxylic acids is 1. The van der Waals surface area contributed by atoms with Gasteiger partial charge in [0.1, 0.15) is 6.04 Å². The van der Waals surface area contributed by atoms with Crippen LogP contribution < -0.4 is 5.73 Å². The van der Waals surface area contributed by atoms with Crippen molar-refractivity contribution in [2.45, 2.75) is 25.8 Å². The number of nitrogens with two attached hydrogens (primary N) is 1. The summed E-state index contributed by atoms with van der Waals surface area (Å²) in [6.45, 7) is 3.52. The van der Waals surface area contributed by atoms with Crippen molar-refractivity contribution >= 4 is 5.97 Å². The zero-order valence-corrected chi connectivity index (χ0v) is 8.21. The normalized spacial score (nSPS) is 21.8. The van der Waals surface area contributed by atoms with Crippen molar-refractivity contribution in [1.29, 1.82) is 0 Å². The maximum atomic E-state index is 11.1. The van der Waals surface area contributed by atoms with Gasteiger partial charge < -0.3 is 15.2 Å². The lowest BCUT2D eigenvalue weighted by Gasteiger charge is -2.41. The molecule has 1 fully saturated rings. The van der Waals surface area contributed by atoms with E-state index < -0.39 is 6.04 Å². The second-order valence-electron chi connectivity index (χ2n) is 3.68. The minimum Gasteiger partial charge on any atom is -0.468 e. The number of esters is 1. The fourth-order valence-electron chi connectivity index (χ4n) is 1.56. The Hall–Kier alpha value is -0.610. The van der Waals surface area contributed by atoms with Gasteiger partial charge in [-0.15, -0.1) is 0 Å². The van der Waals surface area contributed by atoms with Crippen molar-refractivity contribution in [2.24, 2.45) is 11.1 Å². The molecule has 0 aromatic heterocycles. The first-order valence-corrected chi connectivity index (χ1v) is 4.55. The first-order chi connectivity index (χ1) is 6.13. The highest BCUT2D eigenvalue weighted by Gasteiger charge is 2.39. The number of rotatable bonds is 4. The Balaban J connectivity index is 2.42. The molecule has 1 unspecified atom stereocenters. The first-order valence-electron chi connectivity index (χ1n) is 4.55. The van der Waals surface area contributed by atoms with Crippen molar-refractivity contribution in [3.63, 3.8) is 0 Å². The quantitative estimate of drug-likeness (QED) is 0.643. The molecule has 0 aromatic rings. The largest absolute Gasteiger partial charge is 0.468 e. The van der Waals surface area contributed by atoms with E-state index >= 15 is 0 Å². The molecule has 13 heavy (non-hydrogen) atoms. The summed E-state index contributed by atoms with van der Waals surface area (Å²) < 4.78 is 9.70. The zero-order chi connectivity index (χ0) is 9.90. The zero-order valence-electron chi connectivity index (χ0n) is 8.21. The van der Waals surface area contributed by atoms with E-state index in [0.717, 1.165) is 6.42 Å². The van der Waals surface area contributed by atoms with Crippen molar-refractivity contribution in [3.8, 4) is 0 Å². The molecule has 4 heteroatoms. The van der Waals surface area contributed by atoms with Gasteiger partial charge in [-0.25, -0.2) is 0 Å². The lowest BCUT2D eigenvalue weighted by Crippen LogP contribution is -2.48. The van der Waals surface area contributed by atoms with Crippen LogP contribution in [0.25, 0.3) is 0 Å². The summed E-state index contributed by atoms with van der Waals surface area (Å²) in [7, 11) is 1.36. The summed E-state index contributed by atoms with van der Waals surface area (Å²) >= 11 is 0. The average Bonchev–Trinajstić information content (AvgIpc) is 2.09. The van der Waals surface area contributed by atoms with Gasteiger partial charge in [0.2, 0.25) is 0 Å². The number of hydrogen-bond donors (Lipinski definition) is 1. The van der Waals surface area contributed by atoms with E-state index in [4.69, 9.17) is 10.5 Å². The molecule has 0 spiro atoms. The summed E-state index contributed by atoms with van der Waals surface area (Å²) in [5.41, 5.74) is 5.79. The molecule has 1 atom stereocenters. The van der Waals surface area contributed by atoms with Crippen LogP contribution in [-0.4, -0.2) is 32.3 Å². The lowest BCUT2D eigenvalue weighted by atomic mass is 9.77. The molecule has 1 saturated heterocycles. The summed E-state index contributed by atoms with van der Waals surface area (Å²) in [6, 6.07) is -0.506. The minimum absolute atomic E-state index is 0.119. The second-order valence-corrected chi connectivity index (χ2v) is 3.68. The second kappa shape index (κ2) is 4.07. The van der Waals surface area contributed by atoms with Crippen LogP contribution in [0.3, 0.4) is 0 Å². The molecule has 0 amide bonds. The molecule has 4 nitrogen and oxygen atoms in total. The fourth-order valence-corrected chi connectivity index (χ4v) is 1.56. The van der Waals surface area contributed by atoms with E-state index in [1.807, 2.05) is 0 Å². The molecule has 1 rings (SSSR count). The first kappa shape index (κ1) is 10.5. The van der Waals surface area contributed by atoms with E-state index in [9.17, 15) is 4.79 Å². The summed E-state index contributed by atoms with van der Waals surface area (Å²) in [4.78, 5) is 11.1. The van der Waals surface area contributed by atoms with Crippen LogP contribution in [0.4, 0.5) is 0 Å². The monoisotopic (exact) mass is 187 g/mol. The molecule has 76 valence electrons. The van der Waals surface area contributed by atoms with Crippen LogP contribution >= 0.6 is 0 Å². The summed E-state index contributed by atoms with van der Waals surface area (Å²) in [5.74, 6) is -0.334. The topological polar surface area (TPSA) is 61.6 Å². The van der Waals surface area contributed by atoms with Crippen molar-refractivity contribution < 1.29 is 14.3 Å². The highest BCUT2D eigenvalue weighted by atomic mass is 16.5. The van der Waals surface area contributed by atoms with Crippen LogP contribution in [-0.2, 0) is 14.3 Å². The lowest BCUT2D eigenvalue weighted by molar-refractivity contribution is -0.150. The van der Waals surface area contributed by atoms with Crippen molar-refractivity contribution in [2.75, 3.05) is 20.3 Å². The van der Waals surface area contributed by atoms with Gasteiger partial charge in [0.15, 0.2) is 0 Å². The Morgan fingerprint density at radius 1 is 1.69 bits per heavy atom. The fraction of sp³-hybridized carbons (Fsp3) is 0.889. The Morgan fingerprint density at radius 2 is 2.31 bits per heavy atom. The molecule has 0 saturated carbocycles. The van der Waals surface area contributed by atoms with Gasteiger partial charge in [0.25, 0.3) is 0 Å². The van der Waals surface area contributed by atoms with Gasteiger partial charge in [-0.1, -0.05) is 6.92 Å². The van der Waals surface area contributed by atoms with Gasteiger partial charge >= 0.3 is 5.97 Å². The molecule has 2 N–H and O–H groups in total. The SMILES string of the molecule is CCC1(CC(N)C(=O)OC)COC1. The third-order valence-corrected chi connectivity index (χ3v) is 2.72. The maximum absolute atomic E-state index is 11.1. The summed E-state index contributed by atoms with van der Waals surface area (Å²) in [6.07, 6.45) is 1.66. The van der Waals surface area contributed by atoms with Gasteiger partial charge in [0, 0.05) is 5.41 Å². The van der Waals surface area contributed by atoms with Crippen LogP contribution in [0.15, 0.2) is 0 Å². The molecular weight excluding hydrogens is 170 g/mol. The number of carbonyl (C=O) groups is 1. The average molecular weight is 187 g/mol. The van der Waals surface area contributed by atoms with E-state index in [2.05, 4.69) is 11.7 Å².